The highest BCUT2D eigenvalue weighted by Crippen LogP contribution is 2.35. The van der Waals surface area contributed by atoms with Crippen LogP contribution in [-0.2, 0) is 4.79 Å². The lowest BCUT2D eigenvalue weighted by atomic mass is 9.76. The molecule has 0 bridgehead atoms. The van der Waals surface area contributed by atoms with Crippen molar-refractivity contribution in [2.24, 2.45) is 11.7 Å². The van der Waals surface area contributed by atoms with E-state index in [1.807, 2.05) is 0 Å². The Morgan fingerprint density at radius 2 is 2.06 bits per heavy atom. The quantitative estimate of drug-likeness (QED) is 0.775. The van der Waals surface area contributed by atoms with Gasteiger partial charge in [0, 0.05) is 12.6 Å². The molecule has 0 aliphatic heterocycles. The molecule has 1 amide bonds. The summed E-state index contributed by atoms with van der Waals surface area (Å²) in [5.74, 6) is 0.881. The van der Waals surface area contributed by atoms with Crippen molar-refractivity contribution >= 4 is 5.91 Å². The molecule has 0 aromatic carbocycles. The van der Waals surface area contributed by atoms with Crippen LogP contribution < -0.4 is 5.73 Å². The SMILES string of the molecule is CC(C)CCN(C(=O)C1(N)CCC1)C1CC1. The monoisotopic (exact) mass is 224 g/mol. The van der Waals surface area contributed by atoms with Crippen LogP contribution in [-0.4, -0.2) is 28.9 Å². The van der Waals surface area contributed by atoms with Gasteiger partial charge in [-0.2, -0.15) is 0 Å². The first kappa shape index (κ1) is 11.9. The first-order valence-corrected chi connectivity index (χ1v) is 6.63. The summed E-state index contributed by atoms with van der Waals surface area (Å²) in [6.45, 7) is 5.31. The molecule has 3 heteroatoms. The van der Waals surface area contributed by atoms with Gasteiger partial charge in [0.25, 0.3) is 0 Å². The standard InChI is InChI=1S/C13H24N2O/c1-10(2)6-9-15(11-4-5-11)12(16)13(14)7-3-8-13/h10-11H,3-9,14H2,1-2H3. The van der Waals surface area contributed by atoms with E-state index >= 15 is 0 Å². The van der Waals surface area contributed by atoms with E-state index in [1.54, 1.807) is 0 Å². The van der Waals surface area contributed by atoms with Gasteiger partial charge in [0.05, 0.1) is 5.54 Å². The third-order valence-electron chi connectivity index (χ3n) is 3.87. The molecule has 0 heterocycles. The van der Waals surface area contributed by atoms with Gasteiger partial charge < -0.3 is 10.6 Å². The van der Waals surface area contributed by atoms with Crippen LogP contribution in [0.2, 0.25) is 0 Å². The van der Waals surface area contributed by atoms with Gasteiger partial charge in [-0.05, 0) is 44.4 Å². The Kier molecular flexibility index (Phi) is 3.24. The van der Waals surface area contributed by atoms with Gasteiger partial charge in [0.2, 0.25) is 5.91 Å². The minimum atomic E-state index is -0.500. The molecule has 0 aromatic heterocycles. The van der Waals surface area contributed by atoms with Crippen LogP contribution in [0.15, 0.2) is 0 Å². The molecule has 2 N–H and O–H groups in total. The molecule has 0 unspecified atom stereocenters. The van der Waals surface area contributed by atoms with Crippen LogP contribution in [0.5, 0.6) is 0 Å². The van der Waals surface area contributed by atoms with E-state index in [-0.39, 0.29) is 5.91 Å². The summed E-state index contributed by atoms with van der Waals surface area (Å²) in [6, 6.07) is 0.507. The Morgan fingerprint density at radius 1 is 1.44 bits per heavy atom. The van der Waals surface area contributed by atoms with E-state index in [2.05, 4.69) is 18.7 Å². The Hall–Kier alpha value is -0.570. The minimum Gasteiger partial charge on any atom is -0.338 e. The highest BCUT2D eigenvalue weighted by atomic mass is 16.2. The number of carbonyl (C=O) groups excluding carboxylic acids is 1. The number of nitrogens with zero attached hydrogens (tertiary/aromatic N) is 1. The minimum absolute atomic E-state index is 0.224. The number of amides is 1. The summed E-state index contributed by atoms with van der Waals surface area (Å²) in [7, 11) is 0. The van der Waals surface area contributed by atoms with E-state index in [4.69, 9.17) is 5.73 Å². The Bertz CT molecular complexity index is 267. The molecule has 16 heavy (non-hydrogen) atoms. The molecular weight excluding hydrogens is 200 g/mol. The molecule has 2 aliphatic rings. The average molecular weight is 224 g/mol. The fourth-order valence-electron chi connectivity index (χ4n) is 2.29. The van der Waals surface area contributed by atoms with Gasteiger partial charge in [0.1, 0.15) is 0 Å². The molecule has 0 saturated heterocycles. The van der Waals surface area contributed by atoms with Crippen LogP contribution in [0.25, 0.3) is 0 Å². The van der Waals surface area contributed by atoms with Gasteiger partial charge >= 0.3 is 0 Å². The van der Waals surface area contributed by atoms with Crippen molar-refractivity contribution in [2.75, 3.05) is 6.54 Å². The third-order valence-corrected chi connectivity index (χ3v) is 3.87. The number of carbonyl (C=O) groups is 1. The van der Waals surface area contributed by atoms with Crippen LogP contribution in [0.1, 0.15) is 52.4 Å². The first-order chi connectivity index (χ1) is 7.53. The average Bonchev–Trinajstić information content (AvgIpc) is 2.97. The van der Waals surface area contributed by atoms with E-state index < -0.39 is 5.54 Å². The molecule has 92 valence electrons. The van der Waals surface area contributed by atoms with Crippen molar-refractivity contribution < 1.29 is 4.79 Å². The highest BCUT2D eigenvalue weighted by molar-refractivity contribution is 5.87. The van der Waals surface area contributed by atoms with Crippen molar-refractivity contribution in [3.05, 3.63) is 0 Å². The zero-order chi connectivity index (χ0) is 11.8. The fraction of sp³-hybridized carbons (Fsp3) is 0.923. The summed E-state index contributed by atoms with van der Waals surface area (Å²) in [5.41, 5.74) is 5.63. The number of hydrogen-bond acceptors (Lipinski definition) is 2. The van der Waals surface area contributed by atoms with Gasteiger partial charge in [-0.15, -0.1) is 0 Å². The molecular formula is C13H24N2O. The summed E-state index contributed by atoms with van der Waals surface area (Å²) < 4.78 is 0. The fourth-order valence-corrected chi connectivity index (χ4v) is 2.29. The Balaban J connectivity index is 1.93. The number of rotatable bonds is 5. The summed E-state index contributed by atoms with van der Waals surface area (Å²) >= 11 is 0. The second-order valence-electron chi connectivity index (χ2n) is 5.92. The molecule has 2 saturated carbocycles. The van der Waals surface area contributed by atoms with Crippen molar-refractivity contribution in [1.29, 1.82) is 0 Å². The van der Waals surface area contributed by atoms with Gasteiger partial charge in [0.15, 0.2) is 0 Å². The number of hydrogen-bond donors (Lipinski definition) is 1. The first-order valence-electron chi connectivity index (χ1n) is 6.63. The smallest absolute Gasteiger partial charge is 0.242 e. The lowest BCUT2D eigenvalue weighted by Gasteiger charge is -2.40. The van der Waals surface area contributed by atoms with Crippen LogP contribution >= 0.6 is 0 Å². The molecule has 2 fully saturated rings. The topological polar surface area (TPSA) is 46.3 Å². The van der Waals surface area contributed by atoms with Gasteiger partial charge in [-0.25, -0.2) is 0 Å². The molecule has 0 radical (unpaired) electrons. The lowest BCUT2D eigenvalue weighted by molar-refractivity contribution is -0.141. The predicted molar refractivity (Wildman–Crippen MR) is 65.0 cm³/mol. The summed E-state index contributed by atoms with van der Waals surface area (Å²) in [5, 5.41) is 0. The maximum absolute atomic E-state index is 12.3. The van der Waals surface area contributed by atoms with E-state index in [9.17, 15) is 4.79 Å². The maximum atomic E-state index is 12.3. The second-order valence-corrected chi connectivity index (χ2v) is 5.92. The molecule has 0 atom stereocenters. The third kappa shape index (κ3) is 2.40. The second kappa shape index (κ2) is 4.36. The lowest BCUT2D eigenvalue weighted by Crippen LogP contribution is -2.60. The van der Waals surface area contributed by atoms with Crippen LogP contribution in [0, 0.1) is 5.92 Å². The summed E-state index contributed by atoms with van der Waals surface area (Å²) in [6.07, 6.45) is 6.34. The molecule has 2 rings (SSSR count). The largest absolute Gasteiger partial charge is 0.338 e. The number of nitrogens with two attached hydrogens (primary N) is 1. The van der Waals surface area contributed by atoms with E-state index in [0.717, 1.165) is 32.2 Å². The van der Waals surface area contributed by atoms with E-state index in [1.165, 1.54) is 12.8 Å². The molecule has 0 aromatic rings. The van der Waals surface area contributed by atoms with Gasteiger partial charge in [-0.1, -0.05) is 13.8 Å². The molecule has 2 aliphatic carbocycles. The molecule has 3 nitrogen and oxygen atoms in total. The zero-order valence-electron chi connectivity index (χ0n) is 10.5. The van der Waals surface area contributed by atoms with Gasteiger partial charge in [-0.3, -0.25) is 4.79 Å². The van der Waals surface area contributed by atoms with E-state index in [0.29, 0.717) is 12.0 Å². The zero-order valence-corrected chi connectivity index (χ0v) is 10.5. The van der Waals surface area contributed by atoms with Crippen molar-refractivity contribution in [2.45, 2.75) is 64.0 Å². The Labute approximate surface area is 98.4 Å². The highest BCUT2D eigenvalue weighted by Gasteiger charge is 2.45. The van der Waals surface area contributed by atoms with Crippen LogP contribution in [0.4, 0.5) is 0 Å². The maximum Gasteiger partial charge on any atom is 0.242 e. The van der Waals surface area contributed by atoms with Crippen molar-refractivity contribution in [1.82, 2.24) is 4.90 Å². The predicted octanol–water partition coefficient (Wildman–Crippen LogP) is 1.90. The summed E-state index contributed by atoms with van der Waals surface area (Å²) in [4.78, 5) is 14.4. The van der Waals surface area contributed by atoms with Crippen molar-refractivity contribution in [3.63, 3.8) is 0 Å². The normalized spacial score (nSPS) is 23.0. The van der Waals surface area contributed by atoms with Crippen LogP contribution in [0.3, 0.4) is 0 Å². The Morgan fingerprint density at radius 3 is 2.44 bits per heavy atom. The molecule has 0 spiro atoms. The van der Waals surface area contributed by atoms with Crippen molar-refractivity contribution in [3.8, 4) is 0 Å².